The van der Waals surface area contributed by atoms with Gasteiger partial charge >= 0.3 is 0 Å². The van der Waals surface area contributed by atoms with Gasteiger partial charge in [0.2, 0.25) is 5.91 Å². The van der Waals surface area contributed by atoms with Gasteiger partial charge in [0, 0.05) is 36.8 Å². The first kappa shape index (κ1) is 18.0. The van der Waals surface area contributed by atoms with Gasteiger partial charge in [0.1, 0.15) is 0 Å². The fourth-order valence-electron chi connectivity index (χ4n) is 4.15. The van der Waals surface area contributed by atoms with E-state index in [1.807, 2.05) is 30.2 Å². The smallest absolute Gasteiger partial charge is 0.231 e. The van der Waals surface area contributed by atoms with Crippen molar-refractivity contribution in [2.45, 2.75) is 45.1 Å². The fourth-order valence-corrected chi connectivity index (χ4v) is 4.15. The molecule has 2 heterocycles. The lowest BCUT2D eigenvalue weighted by Crippen LogP contribution is -2.56. The maximum Gasteiger partial charge on any atom is 0.231 e. The molecule has 0 aliphatic carbocycles. The molecule has 3 N–H and O–H groups in total. The van der Waals surface area contributed by atoms with E-state index < -0.39 is 11.5 Å². The molecule has 1 unspecified atom stereocenters. The number of aliphatic hydroxyl groups is 2. The van der Waals surface area contributed by atoms with Gasteiger partial charge in [-0.15, -0.1) is 0 Å². The number of aromatic nitrogens is 1. The van der Waals surface area contributed by atoms with Crippen LogP contribution in [0.2, 0.25) is 0 Å². The Balaban J connectivity index is 1.73. The third-order valence-corrected chi connectivity index (χ3v) is 5.76. The average Bonchev–Trinajstić information content (AvgIpc) is 3.05. The van der Waals surface area contributed by atoms with E-state index in [0.29, 0.717) is 38.8 Å². The molecule has 1 aromatic heterocycles. The zero-order chi connectivity index (χ0) is 17.9. The molecule has 25 heavy (non-hydrogen) atoms. The van der Waals surface area contributed by atoms with E-state index in [1.165, 1.54) is 10.9 Å². The number of hydrogen-bond acceptors (Lipinski definition) is 3. The minimum atomic E-state index is -0.735. The second kappa shape index (κ2) is 7.58. The number of fused-ring (bicyclic) bond motifs is 1. The molecule has 2 aromatic rings. The molecule has 1 aliphatic rings. The second-order valence-corrected chi connectivity index (χ2v) is 7.04. The van der Waals surface area contributed by atoms with Crippen molar-refractivity contribution >= 4 is 16.8 Å². The number of carbonyl (C=O) groups is 1. The SMILES string of the molecule is CC[C@]1(CCCO)C(=O)N(CCc2c[nH]c3ccccc23)CCC1O. The van der Waals surface area contributed by atoms with Crippen molar-refractivity contribution in [3.63, 3.8) is 0 Å². The molecule has 1 aromatic carbocycles. The van der Waals surface area contributed by atoms with E-state index in [2.05, 4.69) is 17.1 Å². The highest BCUT2D eigenvalue weighted by Gasteiger charge is 2.48. The maximum absolute atomic E-state index is 13.1. The number of benzene rings is 1. The van der Waals surface area contributed by atoms with Crippen molar-refractivity contribution in [3.8, 4) is 0 Å². The predicted molar refractivity (Wildman–Crippen MR) is 98.3 cm³/mol. The van der Waals surface area contributed by atoms with E-state index in [1.54, 1.807) is 0 Å². The molecule has 0 spiro atoms. The lowest BCUT2D eigenvalue weighted by atomic mass is 9.71. The summed E-state index contributed by atoms with van der Waals surface area (Å²) >= 11 is 0. The normalized spacial score (nSPS) is 24.2. The summed E-state index contributed by atoms with van der Waals surface area (Å²) in [6.45, 7) is 3.27. The maximum atomic E-state index is 13.1. The third-order valence-electron chi connectivity index (χ3n) is 5.76. The number of nitrogens with one attached hydrogen (secondary N) is 1. The number of aromatic amines is 1. The molecule has 1 fully saturated rings. The number of rotatable bonds is 7. The summed E-state index contributed by atoms with van der Waals surface area (Å²) in [5.41, 5.74) is 1.59. The Bertz CT molecular complexity index is 727. The van der Waals surface area contributed by atoms with Gasteiger partial charge in [-0.05, 0) is 43.7 Å². The number of amides is 1. The van der Waals surface area contributed by atoms with Crippen LogP contribution in [-0.2, 0) is 11.2 Å². The molecule has 3 rings (SSSR count). The van der Waals surface area contributed by atoms with Crippen LogP contribution >= 0.6 is 0 Å². The first-order valence-corrected chi connectivity index (χ1v) is 9.25. The number of carbonyl (C=O) groups excluding carboxylic acids is 1. The number of likely N-dealkylation sites (tertiary alicyclic amines) is 1. The van der Waals surface area contributed by atoms with Crippen LogP contribution in [0, 0.1) is 5.41 Å². The Morgan fingerprint density at radius 1 is 1.36 bits per heavy atom. The Hall–Kier alpha value is -1.85. The number of para-hydroxylation sites is 1. The Morgan fingerprint density at radius 2 is 2.16 bits per heavy atom. The lowest BCUT2D eigenvalue weighted by molar-refractivity contribution is -0.159. The van der Waals surface area contributed by atoms with Gasteiger partial charge in [0.25, 0.3) is 0 Å². The van der Waals surface area contributed by atoms with Gasteiger partial charge in [-0.1, -0.05) is 25.1 Å². The van der Waals surface area contributed by atoms with Gasteiger partial charge in [-0.3, -0.25) is 4.79 Å². The summed E-state index contributed by atoms with van der Waals surface area (Å²) in [4.78, 5) is 18.3. The molecule has 0 radical (unpaired) electrons. The van der Waals surface area contributed by atoms with Gasteiger partial charge in [-0.2, -0.15) is 0 Å². The highest BCUT2D eigenvalue weighted by atomic mass is 16.3. The Morgan fingerprint density at radius 3 is 2.92 bits per heavy atom. The molecule has 1 saturated heterocycles. The topological polar surface area (TPSA) is 76.6 Å². The predicted octanol–water partition coefficient (Wildman–Crippen LogP) is 2.47. The van der Waals surface area contributed by atoms with Gasteiger partial charge in [0.15, 0.2) is 0 Å². The zero-order valence-electron chi connectivity index (χ0n) is 14.9. The molecule has 2 atom stereocenters. The van der Waals surface area contributed by atoms with Crippen LogP contribution in [0.1, 0.15) is 38.2 Å². The highest BCUT2D eigenvalue weighted by molar-refractivity contribution is 5.85. The molecular weight excluding hydrogens is 316 g/mol. The van der Waals surface area contributed by atoms with E-state index >= 15 is 0 Å². The van der Waals surface area contributed by atoms with Crippen LogP contribution < -0.4 is 0 Å². The number of nitrogens with zero attached hydrogens (tertiary/aromatic N) is 1. The average molecular weight is 344 g/mol. The van der Waals surface area contributed by atoms with Crippen molar-refractivity contribution in [1.82, 2.24) is 9.88 Å². The van der Waals surface area contributed by atoms with Crippen molar-refractivity contribution in [2.75, 3.05) is 19.7 Å². The Kier molecular flexibility index (Phi) is 5.45. The van der Waals surface area contributed by atoms with Crippen LogP contribution in [0.3, 0.4) is 0 Å². The molecule has 0 bridgehead atoms. The van der Waals surface area contributed by atoms with Crippen LogP contribution in [0.25, 0.3) is 10.9 Å². The second-order valence-electron chi connectivity index (χ2n) is 7.04. The third kappa shape index (κ3) is 3.31. The quantitative estimate of drug-likeness (QED) is 0.722. The standard InChI is InChI=1S/C20H28N2O3/c1-2-20(10-5-13-23)18(24)9-12-22(19(20)25)11-8-15-14-21-17-7-4-3-6-16(15)17/h3-4,6-7,14,18,21,23-24H,2,5,8-13H2,1H3/t18?,20-/m1/s1. The molecule has 5 nitrogen and oxygen atoms in total. The largest absolute Gasteiger partial charge is 0.396 e. The minimum absolute atomic E-state index is 0.0436. The summed E-state index contributed by atoms with van der Waals surface area (Å²) < 4.78 is 0. The number of aliphatic hydroxyl groups excluding tert-OH is 2. The number of hydrogen-bond donors (Lipinski definition) is 3. The molecular formula is C20H28N2O3. The minimum Gasteiger partial charge on any atom is -0.396 e. The van der Waals surface area contributed by atoms with Gasteiger partial charge in [-0.25, -0.2) is 0 Å². The molecule has 5 heteroatoms. The van der Waals surface area contributed by atoms with Crippen LogP contribution in [0.15, 0.2) is 30.5 Å². The van der Waals surface area contributed by atoms with E-state index in [-0.39, 0.29) is 12.5 Å². The highest BCUT2D eigenvalue weighted by Crippen LogP contribution is 2.39. The first-order valence-electron chi connectivity index (χ1n) is 9.25. The molecule has 136 valence electrons. The van der Waals surface area contributed by atoms with Gasteiger partial charge in [0.05, 0.1) is 11.5 Å². The summed E-state index contributed by atoms with van der Waals surface area (Å²) in [5, 5.41) is 20.9. The van der Waals surface area contributed by atoms with Crippen molar-refractivity contribution in [3.05, 3.63) is 36.0 Å². The van der Waals surface area contributed by atoms with Crippen molar-refractivity contribution in [1.29, 1.82) is 0 Å². The van der Waals surface area contributed by atoms with E-state index in [4.69, 9.17) is 5.11 Å². The van der Waals surface area contributed by atoms with Gasteiger partial charge < -0.3 is 20.1 Å². The molecule has 1 aliphatic heterocycles. The lowest BCUT2D eigenvalue weighted by Gasteiger charge is -2.45. The molecule has 0 saturated carbocycles. The summed E-state index contributed by atoms with van der Waals surface area (Å²) in [6.07, 6.45) is 4.52. The number of H-pyrrole nitrogens is 1. The zero-order valence-corrected chi connectivity index (χ0v) is 14.9. The summed E-state index contributed by atoms with van der Waals surface area (Å²) in [5.74, 6) is 0.0436. The first-order chi connectivity index (χ1) is 12.1. The van der Waals surface area contributed by atoms with Crippen LogP contribution in [0.5, 0.6) is 0 Å². The summed E-state index contributed by atoms with van der Waals surface area (Å²) in [7, 11) is 0. The van der Waals surface area contributed by atoms with Crippen LogP contribution in [-0.4, -0.2) is 51.8 Å². The Labute approximate surface area is 148 Å². The van der Waals surface area contributed by atoms with E-state index in [0.717, 1.165) is 11.9 Å². The van der Waals surface area contributed by atoms with Crippen molar-refractivity contribution < 1.29 is 15.0 Å². The number of piperidine rings is 1. The van der Waals surface area contributed by atoms with E-state index in [9.17, 15) is 9.90 Å². The molecule has 1 amide bonds. The monoisotopic (exact) mass is 344 g/mol. The fraction of sp³-hybridized carbons (Fsp3) is 0.550. The van der Waals surface area contributed by atoms with Crippen molar-refractivity contribution in [2.24, 2.45) is 5.41 Å². The van der Waals surface area contributed by atoms with Crippen LogP contribution in [0.4, 0.5) is 0 Å². The summed E-state index contributed by atoms with van der Waals surface area (Å²) in [6, 6.07) is 8.19.